The normalized spacial score (nSPS) is 11.4. The summed E-state index contributed by atoms with van der Waals surface area (Å²) in [6.07, 6.45) is 0. The number of halogens is 1. The molecule has 1 amide bonds. The largest absolute Gasteiger partial charge is 0.497 e. The van der Waals surface area contributed by atoms with Gasteiger partial charge in [-0.1, -0.05) is 12.1 Å². The molecule has 0 fully saturated rings. The Bertz CT molecular complexity index is 793. The molecule has 0 heterocycles. The van der Waals surface area contributed by atoms with Crippen LogP contribution in [0.3, 0.4) is 0 Å². The van der Waals surface area contributed by atoms with Crippen molar-refractivity contribution < 1.29 is 28.2 Å². The first-order valence-electron chi connectivity index (χ1n) is 7.89. The van der Waals surface area contributed by atoms with Crippen molar-refractivity contribution >= 4 is 11.9 Å². The first-order chi connectivity index (χ1) is 12.5. The third-order valence-corrected chi connectivity index (χ3v) is 3.71. The van der Waals surface area contributed by atoms with Crippen LogP contribution in [0, 0.1) is 5.82 Å². The first-order valence-corrected chi connectivity index (χ1v) is 7.89. The van der Waals surface area contributed by atoms with E-state index in [2.05, 4.69) is 5.32 Å². The summed E-state index contributed by atoms with van der Waals surface area (Å²) < 4.78 is 28.8. The lowest BCUT2D eigenvalue weighted by Crippen LogP contribution is -2.31. The maximum atomic E-state index is 13.5. The van der Waals surface area contributed by atoms with Gasteiger partial charge in [-0.05, 0) is 37.3 Å². The molecule has 2 rings (SSSR count). The van der Waals surface area contributed by atoms with Gasteiger partial charge in [-0.15, -0.1) is 0 Å². The van der Waals surface area contributed by atoms with Crippen LogP contribution in [0.2, 0.25) is 0 Å². The zero-order valence-corrected chi connectivity index (χ0v) is 14.7. The van der Waals surface area contributed by atoms with Crippen LogP contribution in [-0.4, -0.2) is 32.7 Å². The van der Waals surface area contributed by atoms with Gasteiger partial charge in [-0.25, -0.2) is 9.18 Å². The smallest absolute Gasteiger partial charge is 0.341 e. The predicted molar refractivity (Wildman–Crippen MR) is 92.8 cm³/mol. The highest BCUT2D eigenvalue weighted by Crippen LogP contribution is 2.29. The lowest BCUT2D eigenvalue weighted by atomic mass is 10.1. The fraction of sp³-hybridized carbons (Fsp3) is 0.263. The summed E-state index contributed by atoms with van der Waals surface area (Å²) in [6, 6.07) is 10.2. The van der Waals surface area contributed by atoms with Crippen molar-refractivity contribution in [1.29, 1.82) is 0 Å². The zero-order chi connectivity index (χ0) is 19.1. The van der Waals surface area contributed by atoms with Crippen LogP contribution in [-0.2, 0) is 9.53 Å². The van der Waals surface area contributed by atoms with Crippen molar-refractivity contribution in [2.45, 2.75) is 13.0 Å². The Hall–Kier alpha value is -3.09. The minimum absolute atomic E-state index is 0.220. The van der Waals surface area contributed by atoms with Crippen LogP contribution in [0.1, 0.15) is 28.9 Å². The van der Waals surface area contributed by atoms with Crippen molar-refractivity contribution in [3.63, 3.8) is 0 Å². The Morgan fingerprint density at radius 2 is 1.85 bits per heavy atom. The summed E-state index contributed by atoms with van der Waals surface area (Å²) in [7, 11) is 3.06. The Morgan fingerprint density at radius 1 is 1.12 bits per heavy atom. The minimum Gasteiger partial charge on any atom is -0.497 e. The number of nitrogens with one attached hydrogen (secondary N) is 1. The molecule has 2 aromatic carbocycles. The molecule has 2 aromatic rings. The van der Waals surface area contributed by atoms with E-state index in [4.69, 9.17) is 14.2 Å². The van der Waals surface area contributed by atoms with E-state index in [0.29, 0.717) is 17.1 Å². The number of hydrogen-bond donors (Lipinski definition) is 1. The van der Waals surface area contributed by atoms with Crippen molar-refractivity contribution in [1.82, 2.24) is 5.32 Å². The van der Waals surface area contributed by atoms with Crippen LogP contribution in [0.5, 0.6) is 11.5 Å². The van der Waals surface area contributed by atoms with E-state index in [9.17, 15) is 14.0 Å². The molecule has 1 unspecified atom stereocenters. The standard InChI is InChI=1S/C19H20FNO5/c1-12(15-10-13(24-2)8-9-17(15)25-3)21-18(22)11-26-19(23)14-6-4-5-7-16(14)20/h4-10,12H,11H2,1-3H3,(H,21,22). The SMILES string of the molecule is COc1ccc(OC)c(C(C)NC(=O)COC(=O)c2ccccc2F)c1. The molecule has 0 saturated heterocycles. The van der Waals surface area contributed by atoms with Gasteiger partial charge >= 0.3 is 5.97 Å². The van der Waals surface area contributed by atoms with Crippen LogP contribution in [0.15, 0.2) is 42.5 Å². The van der Waals surface area contributed by atoms with E-state index < -0.39 is 30.3 Å². The van der Waals surface area contributed by atoms with Crippen molar-refractivity contribution in [3.8, 4) is 11.5 Å². The molecular weight excluding hydrogens is 341 g/mol. The number of amides is 1. The zero-order valence-electron chi connectivity index (χ0n) is 14.7. The molecule has 138 valence electrons. The van der Waals surface area contributed by atoms with E-state index in [1.807, 2.05) is 0 Å². The van der Waals surface area contributed by atoms with Crippen LogP contribution < -0.4 is 14.8 Å². The molecule has 1 N–H and O–H groups in total. The molecule has 0 aliphatic carbocycles. The second-order valence-electron chi connectivity index (χ2n) is 5.45. The van der Waals surface area contributed by atoms with E-state index in [-0.39, 0.29) is 5.56 Å². The van der Waals surface area contributed by atoms with E-state index in [1.165, 1.54) is 32.4 Å². The Morgan fingerprint density at radius 3 is 2.50 bits per heavy atom. The third-order valence-electron chi connectivity index (χ3n) is 3.71. The highest BCUT2D eigenvalue weighted by molar-refractivity contribution is 5.91. The second kappa shape index (κ2) is 8.84. The fourth-order valence-electron chi connectivity index (χ4n) is 2.37. The lowest BCUT2D eigenvalue weighted by molar-refractivity contribution is -0.124. The molecule has 0 radical (unpaired) electrons. The van der Waals surface area contributed by atoms with Gasteiger partial charge in [0.2, 0.25) is 0 Å². The van der Waals surface area contributed by atoms with Gasteiger partial charge in [0.25, 0.3) is 5.91 Å². The third kappa shape index (κ3) is 4.72. The molecular formula is C19H20FNO5. The quantitative estimate of drug-likeness (QED) is 0.768. The first kappa shape index (κ1) is 19.2. The van der Waals surface area contributed by atoms with Gasteiger partial charge in [0, 0.05) is 5.56 Å². The molecule has 0 aliphatic heterocycles. The highest BCUT2D eigenvalue weighted by Gasteiger charge is 2.18. The van der Waals surface area contributed by atoms with Crippen molar-refractivity contribution in [3.05, 3.63) is 59.4 Å². The Kier molecular flexibility index (Phi) is 6.54. The van der Waals surface area contributed by atoms with Crippen LogP contribution in [0.4, 0.5) is 4.39 Å². The van der Waals surface area contributed by atoms with E-state index >= 15 is 0 Å². The number of rotatable bonds is 7. The van der Waals surface area contributed by atoms with Crippen molar-refractivity contribution in [2.75, 3.05) is 20.8 Å². The number of hydrogen-bond acceptors (Lipinski definition) is 5. The molecule has 1 atom stereocenters. The number of esters is 1. The summed E-state index contributed by atoms with van der Waals surface area (Å²) in [6.45, 7) is 1.23. The monoisotopic (exact) mass is 361 g/mol. The van der Waals surface area contributed by atoms with Gasteiger partial charge in [-0.3, -0.25) is 4.79 Å². The number of carbonyl (C=O) groups excluding carboxylic acids is 2. The van der Waals surface area contributed by atoms with Gasteiger partial charge in [-0.2, -0.15) is 0 Å². The summed E-state index contributed by atoms with van der Waals surface area (Å²) in [5.41, 5.74) is 0.489. The minimum atomic E-state index is -0.898. The molecule has 6 nitrogen and oxygen atoms in total. The molecule has 0 aromatic heterocycles. The number of methoxy groups -OCH3 is 2. The summed E-state index contributed by atoms with van der Waals surface area (Å²) in [5.74, 6) is -0.917. The van der Waals surface area contributed by atoms with E-state index in [1.54, 1.807) is 25.1 Å². The highest BCUT2D eigenvalue weighted by atomic mass is 19.1. The maximum absolute atomic E-state index is 13.5. The molecule has 0 bridgehead atoms. The van der Waals surface area contributed by atoms with Crippen LogP contribution in [0.25, 0.3) is 0 Å². The molecule has 7 heteroatoms. The van der Waals surface area contributed by atoms with Gasteiger partial charge in [0.1, 0.15) is 17.3 Å². The number of ether oxygens (including phenoxy) is 3. The number of carbonyl (C=O) groups is 2. The van der Waals surface area contributed by atoms with Gasteiger partial charge in [0.05, 0.1) is 25.8 Å². The van der Waals surface area contributed by atoms with E-state index in [0.717, 1.165) is 6.07 Å². The van der Waals surface area contributed by atoms with Crippen LogP contribution >= 0.6 is 0 Å². The average molecular weight is 361 g/mol. The summed E-state index contributed by atoms with van der Waals surface area (Å²) in [4.78, 5) is 23.9. The molecule has 0 aliphatic rings. The topological polar surface area (TPSA) is 73.9 Å². The second-order valence-corrected chi connectivity index (χ2v) is 5.45. The Labute approximate surface area is 150 Å². The fourth-order valence-corrected chi connectivity index (χ4v) is 2.37. The van der Waals surface area contributed by atoms with Crippen molar-refractivity contribution in [2.24, 2.45) is 0 Å². The predicted octanol–water partition coefficient (Wildman–Crippen LogP) is 2.88. The van der Waals surface area contributed by atoms with Gasteiger partial charge < -0.3 is 19.5 Å². The Balaban J connectivity index is 1.97. The molecule has 26 heavy (non-hydrogen) atoms. The average Bonchev–Trinajstić information content (AvgIpc) is 2.65. The lowest BCUT2D eigenvalue weighted by Gasteiger charge is -2.18. The summed E-state index contributed by atoms with van der Waals surface area (Å²) in [5, 5.41) is 2.70. The molecule has 0 saturated carbocycles. The maximum Gasteiger partial charge on any atom is 0.341 e. The molecule has 0 spiro atoms. The van der Waals surface area contributed by atoms with Gasteiger partial charge in [0.15, 0.2) is 6.61 Å². The number of benzene rings is 2. The summed E-state index contributed by atoms with van der Waals surface area (Å²) >= 11 is 0.